The van der Waals surface area contributed by atoms with Crippen LogP contribution < -0.4 is 5.32 Å². The van der Waals surface area contributed by atoms with Gasteiger partial charge in [-0.3, -0.25) is 0 Å². The minimum Gasteiger partial charge on any atom is -0.309 e. The van der Waals surface area contributed by atoms with Crippen molar-refractivity contribution in [2.45, 2.75) is 56.7 Å². The molecule has 1 aliphatic rings. The number of aryl methyl sites for hydroxylation is 1. The molecule has 1 fully saturated rings. The lowest BCUT2D eigenvalue weighted by Gasteiger charge is -2.37. The summed E-state index contributed by atoms with van der Waals surface area (Å²) in [6.07, 6.45) is 8.42. The van der Waals surface area contributed by atoms with Gasteiger partial charge in [0.25, 0.3) is 0 Å². The molecule has 1 aromatic carbocycles. The second kappa shape index (κ2) is 7.10. The standard InChI is InChI=1S/C17H25F2NS/c1-12-9-16(19)14(10-15(12)18)13(2)20-11-17(21-3)7-5-4-6-8-17/h9-10,13,20H,4-8,11H2,1-3H3. The molecule has 1 aliphatic carbocycles. The molecule has 0 heterocycles. The maximum absolute atomic E-state index is 14.0. The van der Waals surface area contributed by atoms with Gasteiger partial charge >= 0.3 is 0 Å². The van der Waals surface area contributed by atoms with Gasteiger partial charge in [-0.2, -0.15) is 11.8 Å². The minimum atomic E-state index is -0.336. The normalized spacial score (nSPS) is 19.5. The molecule has 21 heavy (non-hydrogen) atoms. The molecule has 0 aliphatic heterocycles. The lowest BCUT2D eigenvalue weighted by molar-refractivity contribution is 0.365. The summed E-state index contributed by atoms with van der Waals surface area (Å²) in [5.41, 5.74) is 0.779. The summed E-state index contributed by atoms with van der Waals surface area (Å²) in [7, 11) is 0. The van der Waals surface area contributed by atoms with Crippen molar-refractivity contribution in [1.82, 2.24) is 5.32 Å². The fourth-order valence-corrected chi connectivity index (χ4v) is 4.02. The lowest BCUT2D eigenvalue weighted by atomic mass is 9.88. The highest BCUT2D eigenvalue weighted by Crippen LogP contribution is 2.38. The first-order valence-corrected chi connectivity index (χ1v) is 8.94. The highest BCUT2D eigenvalue weighted by atomic mass is 32.2. The van der Waals surface area contributed by atoms with E-state index in [1.165, 1.54) is 44.2 Å². The number of nitrogens with one attached hydrogen (secondary N) is 1. The summed E-state index contributed by atoms with van der Waals surface area (Å²) in [6, 6.07) is 2.44. The number of halogens is 2. The third-order valence-corrected chi connectivity index (χ3v) is 6.09. The summed E-state index contributed by atoms with van der Waals surface area (Å²) < 4.78 is 27.9. The topological polar surface area (TPSA) is 12.0 Å². The second-order valence-electron chi connectivity index (χ2n) is 6.17. The number of hydrogen-bond donors (Lipinski definition) is 1. The van der Waals surface area contributed by atoms with E-state index in [-0.39, 0.29) is 22.4 Å². The van der Waals surface area contributed by atoms with Crippen molar-refractivity contribution in [2.75, 3.05) is 12.8 Å². The third kappa shape index (κ3) is 3.98. The van der Waals surface area contributed by atoms with Crippen LogP contribution in [0.15, 0.2) is 12.1 Å². The molecular weight excluding hydrogens is 288 g/mol. The molecule has 0 aromatic heterocycles. The molecule has 1 saturated carbocycles. The molecule has 1 N–H and O–H groups in total. The molecular formula is C17H25F2NS. The summed E-state index contributed by atoms with van der Waals surface area (Å²) in [5, 5.41) is 3.42. The van der Waals surface area contributed by atoms with Gasteiger partial charge < -0.3 is 5.32 Å². The van der Waals surface area contributed by atoms with E-state index in [1.807, 2.05) is 18.7 Å². The third-order valence-electron chi connectivity index (χ3n) is 4.67. The van der Waals surface area contributed by atoms with E-state index in [2.05, 4.69) is 11.6 Å². The Morgan fingerprint density at radius 3 is 2.48 bits per heavy atom. The molecule has 1 atom stereocenters. The van der Waals surface area contributed by atoms with Gasteiger partial charge in [0.1, 0.15) is 11.6 Å². The first kappa shape index (κ1) is 16.8. The Kier molecular flexibility index (Phi) is 5.67. The summed E-state index contributed by atoms with van der Waals surface area (Å²) >= 11 is 1.91. The number of rotatable bonds is 5. The van der Waals surface area contributed by atoms with E-state index < -0.39 is 0 Å². The first-order chi connectivity index (χ1) is 9.97. The Labute approximate surface area is 130 Å². The van der Waals surface area contributed by atoms with E-state index in [0.29, 0.717) is 11.1 Å². The van der Waals surface area contributed by atoms with Crippen molar-refractivity contribution < 1.29 is 8.78 Å². The van der Waals surface area contributed by atoms with Gasteiger partial charge in [-0.05, 0) is 50.6 Å². The van der Waals surface area contributed by atoms with Crippen LogP contribution in [0.25, 0.3) is 0 Å². The molecule has 1 nitrogen and oxygen atoms in total. The van der Waals surface area contributed by atoms with E-state index in [0.717, 1.165) is 6.54 Å². The molecule has 1 unspecified atom stereocenters. The number of benzene rings is 1. The largest absolute Gasteiger partial charge is 0.309 e. The van der Waals surface area contributed by atoms with Crippen LogP contribution >= 0.6 is 11.8 Å². The lowest BCUT2D eigenvalue weighted by Crippen LogP contribution is -2.40. The molecule has 4 heteroatoms. The Morgan fingerprint density at radius 1 is 1.19 bits per heavy atom. The van der Waals surface area contributed by atoms with Crippen molar-refractivity contribution in [2.24, 2.45) is 0 Å². The summed E-state index contributed by atoms with van der Waals surface area (Å²) in [4.78, 5) is 0. The van der Waals surface area contributed by atoms with Gasteiger partial charge in [-0.15, -0.1) is 0 Å². The fraction of sp³-hybridized carbons (Fsp3) is 0.647. The van der Waals surface area contributed by atoms with Crippen molar-refractivity contribution in [3.05, 3.63) is 34.9 Å². The molecule has 0 radical (unpaired) electrons. The van der Waals surface area contributed by atoms with E-state index in [4.69, 9.17) is 0 Å². The van der Waals surface area contributed by atoms with Gasteiger partial charge in [-0.25, -0.2) is 8.78 Å². The molecule has 1 aromatic rings. The van der Waals surface area contributed by atoms with E-state index in [1.54, 1.807) is 6.92 Å². The van der Waals surface area contributed by atoms with Crippen molar-refractivity contribution in [3.8, 4) is 0 Å². The van der Waals surface area contributed by atoms with Crippen molar-refractivity contribution in [1.29, 1.82) is 0 Å². The monoisotopic (exact) mass is 313 g/mol. The van der Waals surface area contributed by atoms with Crippen LogP contribution in [0, 0.1) is 18.6 Å². The zero-order chi connectivity index (χ0) is 15.5. The van der Waals surface area contributed by atoms with Crippen LogP contribution in [0.5, 0.6) is 0 Å². The van der Waals surface area contributed by atoms with Crippen LogP contribution in [-0.4, -0.2) is 17.5 Å². The maximum atomic E-state index is 14.0. The number of hydrogen-bond acceptors (Lipinski definition) is 2. The van der Waals surface area contributed by atoms with Gasteiger partial charge in [0.05, 0.1) is 0 Å². The highest BCUT2D eigenvalue weighted by molar-refractivity contribution is 8.00. The molecule has 2 rings (SSSR count). The quantitative estimate of drug-likeness (QED) is 0.822. The van der Waals surface area contributed by atoms with Gasteiger partial charge in [0.15, 0.2) is 0 Å². The highest BCUT2D eigenvalue weighted by Gasteiger charge is 2.31. The summed E-state index contributed by atoms with van der Waals surface area (Å²) in [5.74, 6) is -0.659. The zero-order valence-electron chi connectivity index (χ0n) is 13.1. The van der Waals surface area contributed by atoms with Crippen LogP contribution in [0.3, 0.4) is 0 Å². The average molecular weight is 313 g/mol. The predicted molar refractivity (Wildman–Crippen MR) is 86.8 cm³/mol. The van der Waals surface area contributed by atoms with Crippen LogP contribution in [0.4, 0.5) is 8.78 Å². The van der Waals surface area contributed by atoms with Crippen LogP contribution in [0.1, 0.15) is 56.2 Å². The van der Waals surface area contributed by atoms with Crippen molar-refractivity contribution in [3.63, 3.8) is 0 Å². The molecule has 118 valence electrons. The molecule has 0 amide bonds. The zero-order valence-corrected chi connectivity index (χ0v) is 14.0. The summed E-state index contributed by atoms with van der Waals surface area (Å²) in [6.45, 7) is 4.35. The molecule has 0 spiro atoms. The Hall–Kier alpha value is -0.610. The van der Waals surface area contributed by atoms with E-state index >= 15 is 0 Å². The van der Waals surface area contributed by atoms with E-state index in [9.17, 15) is 8.78 Å². The SMILES string of the molecule is CSC1(CNC(C)c2cc(F)c(C)cc2F)CCCCC1. The van der Waals surface area contributed by atoms with Crippen molar-refractivity contribution >= 4 is 11.8 Å². The van der Waals surface area contributed by atoms with Gasteiger partial charge in [-0.1, -0.05) is 19.3 Å². The Balaban J connectivity index is 2.04. The fourth-order valence-electron chi connectivity index (χ4n) is 3.09. The van der Waals surface area contributed by atoms with Gasteiger partial charge in [0, 0.05) is 22.9 Å². The van der Waals surface area contributed by atoms with Crippen LogP contribution in [-0.2, 0) is 0 Å². The molecule has 0 bridgehead atoms. The van der Waals surface area contributed by atoms with Crippen LogP contribution in [0.2, 0.25) is 0 Å². The average Bonchev–Trinajstić information content (AvgIpc) is 2.49. The second-order valence-corrected chi connectivity index (χ2v) is 7.45. The number of thioether (sulfide) groups is 1. The minimum absolute atomic E-state index is 0.175. The maximum Gasteiger partial charge on any atom is 0.128 e. The molecule has 0 saturated heterocycles. The Morgan fingerprint density at radius 2 is 1.86 bits per heavy atom. The van der Waals surface area contributed by atoms with Gasteiger partial charge in [0.2, 0.25) is 0 Å². The Bertz CT molecular complexity index is 484. The smallest absolute Gasteiger partial charge is 0.128 e. The predicted octanol–water partition coefficient (Wildman–Crippen LogP) is 4.99. The first-order valence-electron chi connectivity index (χ1n) is 7.71.